The number of rotatable bonds is 5. The summed E-state index contributed by atoms with van der Waals surface area (Å²) in [7, 11) is 0. The van der Waals surface area contributed by atoms with Gasteiger partial charge in [-0.05, 0) is 32.9 Å². The Labute approximate surface area is 109 Å². The number of likely N-dealkylation sites (tertiary alicyclic amines) is 1. The van der Waals surface area contributed by atoms with Crippen LogP contribution in [0, 0.1) is 0 Å². The van der Waals surface area contributed by atoms with E-state index in [4.69, 9.17) is 10.8 Å². The van der Waals surface area contributed by atoms with Crippen molar-refractivity contribution in [1.82, 2.24) is 14.5 Å². The van der Waals surface area contributed by atoms with E-state index < -0.39 is 0 Å². The fourth-order valence-electron chi connectivity index (χ4n) is 2.67. The number of nitrogens with two attached hydrogens (primary N) is 1. The standard InChI is InChI=1S/C13H24N4O/c1-11(8-16-5-3-2-4-6-16)17-10-15-7-13(17)12(14)9-18/h7,10-12,18H,2-6,8-9,14H2,1H3. The summed E-state index contributed by atoms with van der Waals surface area (Å²) in [6, 6.07) is 0.00880. The SMILES string of the molecule is CC(CN1CCCCC1)n1cncc1C(N)CO. The van der Waals surface area contributed by atoms with Crippen LogP contribution in [0.5, 0.6) is 0 Å². The van der Waals surface area contributed by atoms with Crippen LogP contribution in [0.4, 0.5) is 0 Å². The highest BCUT2D eigenvalue weighted by molar-refractivity contribution is 5.06. The second-order valence-electron chi connectivity index (χ2n) is 5.23. The summed E-state index contributed by atoms with van der Waals surface area (Å²) in [4.78, 5) is 6.66. The van der Waals surface area contributed by atoms with Gasteiger partial charge in [0.1, 0.15) is 0 Å². The lowest BCUT2D eigenvalue weighted by molar-refractivity contribution is 0.198. The van der Waals surface area contributed by atoms with E-state index in [1.54, 1.807) is 6.20 Å². The van der Waals surface area contributed by atoms with E-state index in [2.05, 4.69) is 21.4 Å². The van der Waals surface area contributed by atoms with Crippen LogP contribution in [0.2, 0.25) is 0 Å². The molecule has 0 radical (unpaired) electrons. The van der Waals surface area contributed by atoms with Gasteiger partial charge in [0, 0.05) is 18.8 Å². The first-order valence-corrected chi connectivity index (χ1v) is 6.83. The highest BCUT2D eigenvalue weighted by Gasteiger charge is 2.18. The van der Waals surface area contributed by atoms with Gasteiger partial charge in [0.2, 0.25) is 0 Å². The predicted octanol–water partition coefficient (Wildman–Crippen LogP) is 0.922. The first kappa shape index (κ1) is 13.5. The summed E-state index contributed by atoms with van der Waals surface area (Å²) in [5, 5.41) is 9.16. The van der Waals surface area contributed by atoms with Crippen LogP contribution in [-0.4, -0.2) is 45.8 Å². The zero-order valence-electron chi connectivity index (χ0n) is 11.1. The van der Waals surface area contributed by atoms with E-state index in [1.165, 1.54) is 32.4 Å². The van der Waals surface area contributed by atoms with Crippen molar-refractivity contribution in [2.24, 2.45) is 5.73 Å². The third-order valence-corrected chi connectivity index (χ3v) is 3.72. The molecule has 5 heteroatoms. The van der Waals surface area contributed by atoms with Gasteiger partial charge in [0.05, 0.1) is 24.7 Å². The molecule has 1 aliphatic heterocycles. The Morgan fingerprint density at radius 3 is 2.78 bits per heavy atom. The average Bonchev–Trinajstić information content (AvgIpc) is 2.88. The van der Waals surface area contributed by atoms with Gasteiger partial charge in [-0.25, -0.2) is 4.98 Å². The number of hydrogen-bond acceptors (Lipinski definition) is 4. The molecule has 1 fully saturated rings. The largest absolute Gasteiger partial charge is 0.394 e. The first-order chi connectivity index (χ1) is 8.72. The third-order valence-electron chi connectivity index (χ3n) is 3.72. The lowest BCUT2D eigenvalue weighted by atomic mass is 10.1. The van der Waals surface area contributed by atoms with Crippen LogP contribution < -0.4 is 5.73 Å². The maximum absolute atomic E-state index is 9.16. The monoisotopic (exact) mass is 252 g/mol. The Morgan fingerprint density at radius 2 is 2.11 bits per heavy atom. The molecule has 18 heavy (non-hydrogen) atoms. The molecule has 0 saturated carbocycles. The quantitative estimate of drug-likeness (QED) is 0.818. The van der Waals surface area contributed by atoms with Crippen molar-refractivity contribution in [3.63, 3.8) is 0 Å². The second-order valence-corrected chi connectivity index (χ2v) is 5.23. The van der Waals surface area contributed by atoms with Crippen molar-refractivity contribution in [3.05, 3.63) is 18.2 Å². The van der Waals surface area contributed by atoms with Gasteiger partial charge in [0.25, 0.3) is 0 Å². The molecule has 102 valence electrons. The van der Waals surface area contributed by atoms with Gasteiger partial charge in [-0.15, -0.1) is 0 Å². The molecule has 0 bridgehead atoms. The van der Waals surface area contributed by atoms with Crippen molar-refractivity contribution < 1.29 is 5.11 Å². The minimum Gasteiger partial charge on any atom is -0.394 e. The number of aliphatic hydroxyl groups excluding tert-OH is 1. The van der Waals surface area contributed by atoms with E-state index >= 15 is 0 Å². The van der Waals surface area contributed by atoms with Crippen LogP contribution in [0.1, 0.15) is 44.0 Å². The molecule has 3 N–H and O–H groups in total. The smallest absolute Gasteiger partial charge is 0.0951 e. The molecular formula is C13H24N4O. The van der Waals surface area contributed by atoms with Crippen LogP contribution in [0.25, 0.3) is 0 Å². The van der Waals surface area contributed by atoms with Crippen molar-refractivity contribution in [3.8, 4) is 0 Å². The Bertz CT molecular complexity index is 360. The van der Waals surface area contributed by atoms with E-state index in [0.717, 1.165) is 12.2 Å². The van der Waals surface area contributed by atoms with Crippen molar-refractivity contribution in [2.45, 2.75) is 38.3 Å². The molecule has 0 aliphatic carbocycles. The molecule has 0 spiro atoms. The summed E-state index contributed by atoms with van der Waals surface area (Å²) < 4.78 is 2.09. The number of aliphatic hydroxyl groups is 1. The lowest BCUT2D eigenvalue weighted by Crippen LogP contribution is -2.35. The van der Waals surface area contributed by atoms with E-state index in [9.17, 15) is 0 Å². The highest BCUT2D eigenvalue weighted by Crippen LogP contribution is 2.18. The molecule has 0 aromatic carbocycles. The van der Waals surface area contributed by atoms with Crippen LogP contribution >= 0.6 is 0 Å². The maximum Gasteiger partial charge on any atom is 0.0951 e. The van der Waals surface area contributed by atoms with Gasteiger partial charge in [0.15, 0.2) is 0 Å². The minimum atomic E-state index is -0.337. The van der Waals surface area contributed by atoms with Gasteiger partial charge < -0.3 is 20.3 Å². The topological polar surface area (TPSA) is 67.3 Å². The van der Waals surface area contributed by atoms with Gasteiger partial charge in [-0.2, -0.15) is 0 Å². The minimum absolute atomic E-state index is 0.0396. The molecule has 1 saturated heterocycles. The van der Waals surface area contributed by atoms with Crippen molar-refractivity contribution in [1.29, 1.82) is 0 Å². The molecular weight excluding hydrogens is 228 g/mol. The molecule has 1 aromatic heterocycles. The van der Waals surface area contributed by atoms with Crippen LogP contribution in [-0.2, 0) is 0 Å². The summed E-state index contributed by atoms with van der Waals surface area (Å²) in [5.41, 5.74) is 6.80. The molecule has 1 aromatic rings. The molecule has 2 rings (SSSR count). The number of aromatic nitrogens is 2. The predicted molar refractivity (Wildman–Crippen MR) is 71.2 cm³/mol. The average molecular weight is 252 g/mol. The zero-order valence-corrected chi connectivity index (χ0v) is 11.1. The van der Waals surface area contributed by atoms with Gasteiger partial charge >= 0.3 is 0 Å². The van der Waals surface area contributed by atoms with Gasteiger partial charge in [-0.1, -0.05) is 6.42 Å². The molecule has 2 heterocycles. The maximum atomic E-state index is 9.16. The lowest BCUT2D eigenvalue weighted by Gasteiger charge is -2.30. The Hall–Kier alpha value is -0.910. The summed E-state index contributed by atoms with van der Waals surface area (Å²) in [5.74, 6) is 0. The van der Waals surface area contributed by atoms with E-state index in [1.807, 2.05) is 6.33 Å². The fraction of sp³-hybridized carbons (Fsp3) is 0.769. The normalized spacial score (nSPS) is 20.8. The Kier molecular flexibility index (Phi) is 4.74. The fourth-order valence-corrected chi connectivity index (χ4v) is 2.67. The molecule has 5 nitrogen and oxygen atoms in total. The molecule has 2 atom stereocenters. The number of imidazole rings is 1. The van der Waals surface area contributed by atoms with Crippen molar-refractivity contribution >= 4 is 0 Å². The summed E-state index contributed by atoms with van der Waals surface area (Å²) in [6.07, 6.45) is 7.54. The summed E-state index contributed by atoms with van der Waals surface area (Å²) in [6.45, 7) is 5.56. The van der Waals surface area contributed by atoms with Crippen molar-refractivity contribution in [2.75, 3.05) is 26.2 Å². The van der Waals surface area contributed by atoms with Gasteiger partial charge in [-0.3, -0.25) is 0 Å². The number of hydrogen-bond donors (Lipinski definition) is 2. The number of nitrogens with zero attached hydrogens (tertiary/aromatic N) is 3. The van der Waals surface area contributed by atoms with Crippen LogP contribution in [0.3, 0.4) is 0 Å². The first-order valence-electron chi connectivity index (χ1n) is 6.83. The van der Waals surface area contributed by atoms with E-state index in [-0.39, 0.29) is 12.6 Å². The Morgan fingerprint density at radius 1 is 1.39 bits per heavy atom. The third kappa shape index (κ3) is 3.10. The Balaban J connectivity index is 1.99. The number of piperidine rings is 1. The van der Waals surface area contributed by atoms with Crippen LogP contribution in [0.15, 0.2) is 12.5 Å². The second kappa shape index (κ2) is 6.31. The molecule has 0 amide bonds. The molecule has 1 aliphatic rings. The van der Waals surface area contributed by atoms with E-state index in [0.29, 0.717) is 6.04 Å². The zero-order chi connectivity index (χ0) is 13.0. The highest BCUT2D eigenvalue weighted by atomic mass is 16.3. The summed E-state index contributed by atoms with van der Waals surface area (Å²) >= 11 is 0. The molecule has 2 unspecified atom stereocenters.